The van der Waals surface area contributed by atoms with Gasteiger partial charge in [-0.2, -0.15) is 5.10 Å². The van der Waals surface area contributed by atoms with Gasteiger partial charge in [0.25, 0.3) is 5.91 Å². The van der Waals surface area contributed by atoms with Gasteiger partial charge in [0.15, 0.2) is 0 Å². The Morgan fingerprint density at radius 2 is 2.29 bits per heavy atom. The number of hydrogen-bond donors (Lipinski definition) is 2. The molecular weight excluding hydrogens is 268 g/mol. The quantitative estimate of drug-likeness (QED) is 0.823. The molecule has 0 fully saturated rings. The van der Waals surface area contributed by atoms with E-state index in [9.17, 15) is 4.79 Å². The van der Waals surface area contributed by atoms with Gasteiger partial charge < -0.3 is 10.4 Å². The highest BCUT2D eigenvalue weighted by Crippen LogP contribution is 2.14. The summed E-state index contributed by atoms with van der Waals surface area (Å²) < 4.78 is 1.66. The van der Waals surface area contributed by atoms with Crippen molar-refractivity contribution in [2.75, 3.05) is 11.9 Å². The van der Waals surface area contributed by atoms with Gasteiger partial charge in [-0.15, -0.1) is 0 Å². The van der Waals surface area contributed by atoms with Crippen molar-refractivity contribution >= 4 is 11.6 Å². The number of anilines is 1. The Labute approximate surface area is 122 Å². The van der Waals surface area contributed by atoms with Crippen molar-refractivity contribution in [2.24, 2.45) is 7.05 Å². The van der Waals surface area contributed by atoms with Gasteiger partial charge in [0.05, 0.1) is 11.4 Å². The second-order valence-electron chi connectivity index (χ2n) is 4.36. The molecule has 0 atom stereocenters. The molecule has 2 heterocycles. The molecule has 0 aliphatic heterocycles. The predicted molar refractivity (Wildman–Crippen MR) is 78.7 cm³/mol. The number of hydrogen-bond acceptors (Lipinski definition) is 4. The fourth-order valence-corrected chi connectivity index (χ4v) is 1.83. The van der Waals surface area contributed by atoms with E-state index in [0.29, 0.717) is 16.9 Å². The van der Waals surface area contributed by atoms with Crippen molar-refractivity contribution in [3.8, 4) is 11.8 Å². The maximum atomic E-state index is 12.1. The van der Waals surface area contributed by atoms with Crippen molar-refractivity contribution < 1.29 is 9.90 Å². The molecule has 0 unspecified atom stereocenters. The Balaban J connectivity index is 2.13. The Morgan fingerprint density at radius 3 is 2.90 bits per heavy atom. The van der Waals surface area contributed by atoms with Crippen LogP contribution in [0.15, 0.2) is 24.5 Å². The Hall–Kier alpha value is -2.65. The third-order valence-corrected chi connectivity index (χ3v) is 2.80. The minimum Gasteiger partial charge on any atom is -0.384 e. The minimum absolute atomic E-state index is 0.205. The standard InChI is InChI=1S/C15H16N4O2/c1-3-12-14(10-19(2)18-12)17-15(21)13-7-6-11(9-16-13)5-4-8-20/h6-7,9-10,20H,3,8H2,1-2H3,(H,17,21). The lowest BCUT2D eigenvalue weighted by Crippen LogP contribution is -2.14. The molecule has 6 heteroatoms. The molecule has 0 radical (unpaired) electrons. The van der Waals surface area contributed by atoms with Crippen molar-refractivity contribution in [1.29, 1.82) is 0 Å². The van der Waals surface area contributed by atoms with Gasteiger partial charge in [0, 0.05) is 25.0 Å². The van der Waals surface area contributed by atoms with Gasteiger partial charge in [0.2, 0.25) is 0 Å². The van der Waals surface area contributed by atoms with Gasteiger partial charge in [-0.05, 0) is 18.6 Å². The maximum absolute atomic E-state index is 12.1. The van der Waals surface area contributed by atoms with E-state index in [2.05, 4.69) is 27.2 Å². The van der Waals surface area contributed by atoms with Crippen molar-refractivity contribution in [3.05, 3.63) is 41.5 Å². The molecular formula is C15H16N4O2. The molecule has 0 saturated heterocycles. The highest BCUT2D eigenvalue weighted by atomic mass is 16.2. The van der Waals surface area contributed by atoms with Crippen molar-refractivity contribution in [1.82, 2.24) is 14.8 Å². The predicted octanol–water partition coefficient (Wildman–Crippen LogP) is 0.974. The largest absolute Gasteiger partial charge is 0.384 e. The molecule has 2 N–H and O–H groups in total. The van der Waals surface area contributed by atoms with E-state index in [1.54, 1.807) is 23.0 Å². The number of carbonyl (C=O) groups excluding carboxylic acids is 1. The van der Waals surface area contributed by atoms with Crippen LogP contribution in [0, 0.1) is 11.8 Å². The fraction of sp³-hybridized carbons (Fsp3) is 0.267. The number of aliphatic hydroxyl groups is 1. The zero-order valence-electron chi connectivity index (χ0n) is 11.9. The monoisotopic (exact) mass is 284 g/mol. The normalized spacial score (nSPS) is 9.86. The summed E-state index contributed by atoms with van der Waals surface area (Å²) in [4.78, 5) is 16.2. The number of rotatable bonds is 3. The molecule has 2 rings (SSSR count). The number of carbonyl (C=O) groups is 1. The molecule has 6 nitrogen and oxygen atoms in total. The summed E-state index contributed by atoms with van der Waals surface area (Å²) in [6.07, 6.45) is 4.00. The molecule has 108 valence electrons. The molecule has 1 amide bonds. The van der Waals surface area contributed by atoms with Gasteiger partial charge in [-0.1, -0.05) is 18.8 Å². The van der Waals surface area contributed by atoms with Crippen LogP contribution in [0.1, 0.15) is 28.7 Å². The van der Waals surface area contributed by atoms with E-state index < -0.39 is 0 Å². The second-order valence-corrected chi connectivity index (χ2v) is 4.36. The van der Waals surface area contributed by atoms with Crippen molar-refractivity contribution in [2.45, 2.75) is 13.3 Å². The SMILES string of the molecule is CCc1nn(C)cc1NC(=O)c1ccc(C#CCO)cn1. The lowest BCUT2D eigenvalue weighted by Gasteiger charge is -2.03. The molecule has 21 heavy (non-hydrogen) atoms. The maximum Gasteiger partial charge on any atom is 0.274 e. The average Bonchev–Trinajstić information content (AvgIpc) is 2.85. The number of aromatic nitrogens is 3. The zero-order valence-corrected chi connectivity index (χ0v) is 11.9. The van der Waals surface area contributed by atoms with Crippen LogP contribution in [0.5, 0.6) is 0 Å². The molecule has 0 spiro atoms. The smallest absolute Gasteiger partial charge is 0.274 e. The molecule has 0 bridgehead atoms. The van der Waals surface area contributed by atoms with E-state index in [1.807, 2.05) is 14.0 Å². The first kappa shape index (κ1) is 14.8. The third-order valence-electron chi connectivity index (χ3n) is 2.80. The number of amides is 1. The summed E-state index contributed by atoms with van der Waals surface area (Å²) in [6, 6.07) is 3.28. The van der Waals surface area contributed by atoms with E-state index in [-0.39, 0.29) is 12.5 Å². The number of aryl methyl sites for hydroxylation is 2. The van der Waals surface area contributed by atoms with Gasteiger partial charge in [-0.3, -0.25) is 9.48 Å². The number of pyridine rings is 1. The van der Waals surface area contributed by atoms with Crippen molar-refractivity contribution in [3.63, 3.8) is 0 Å². The second kappa shape index (κ2) is 6.68. The molecule has 0 aliphatic carbocycles. The summed E-state index contributed by atoms with van der Waals surface area (Å²) in [5, 5.41) is 15.7. The Kier molecular flexibility index (Phi) is 4.69. The number of aliphatic hydroxyl groups excluding tert-OH is 1. The summed E-state index contributed by atoms with van der Waals surface area (Å²) in [5.41, 5.74) is 2.47. The molecule has 2 aromatic rings. The van der Waals surface area contributed by atoms with Gasteiger partial charge in [-0.25, -0.2) is 4.98 Å². The summed E-state index contributed by atoms with van der Waals surface area (Å²) in [6.45, 7) is 1.77. The summed E-state index contributed by atoms with van der Waals surface area (Å²) >= 11 is 0. The van der Waals surface area contributed by atoms with E-state index >= 15 is 0 Å². The highest BCUT2D eigenvalue weighted by molar-refractivity contribution is 6.03. The van der Waals surface area contributed by atoms with Crippen LogP contribution >= 0.6 is 0 Å². The average molecular weight is 284 g/mol. The van der Waals surface area contributed by atoms with E-state index in [1.165, 1.54) is 6.20 Å². The van der Waals surface area contributed by atoms with Gasteiger partial charge >= 0.3 is 0 Å². The van der Waals surface area contributed by atoms with Crippen LogP contribution in [0.2, 0.25) is 0 Å². The lowest BCUT2D eigenvalue weighted by molar-refractivity contribution is 0.102. The van der Waals surface area contributed by atoms with E-state index in [4.69, 9.17) is 5.11 Å². The first-order valence-corrected chi connectivity index (χ1v) is 6.53. The van der Waals surface area contributed by atoms with Gasteiger partial charge in [0.1, 0.15) is 12.3 Å². The lowest BCUT2D eigenvalue weighted by atomic mass is 10.2. The molecule has 0 saturated carbocycles. The molecule has 0 aliphatic rings. The number of nitrogens with one attached hydrogen (secondary N) is 1. The van der Waals surface area contributed by atoms with Crippen LogP contribution in [0.25, 0.3) is 0 Å². The number of nitrogens with zero attached hydrogens (tertiary/aromatic N) is 3. The minimum atomic E-state index is -0.292. The first-order valence-electron chi connectivity index (χ1n) is 6.53. The van der Waals surface area contributed by atoms with E-state index in [0.717, 1.165) is 12.1 Å². The molecule has 2 aromatic heterocycles. The van der Waals surface area contributed by atoms with Crippen LogP contribution < -0.4 is 5.32 Å². The highest BCUT2D eigenvalue weighted by Gasteiger charge is 2.12. The fourth-order valence-electron chi connectivity index (χ4n) is 1.83. The topological polar surface area (TPSA) is 80.0 Å². The van der Waals surface area contributed by atoms with Crippen LogP contribution in [-0.4, -0.2) is 32.4 Å². The zero-order chi connectivity index (χ0) is 15.2. The first-order chi connectivity index (χ1) is 10.1. The third kappa shape index (κ3) is 3.68. The van der Waals surface area contributed by atoms with Crippen LogP contribution in [0.4, 0.5) is 5.69 Å². The Bertz CT molecular complexity index is 693. The van der Waals surface area contributed by atoms with Crippen LogP contribution in [0.3, 0.4) is 0 Å². The summed E-state index contributed by atoms with van der Waals surface area (Å²) in [7, 11) is 1.81. The molecule has 0 aromatic carbocycles. The summed E-state index contributed by atoms with van der Waals surface area (Å²) in [5.74, 6) is 4.96. The Morgan fingerprint density at radius 1 is 1.48 bits per heavy atom. The van der Waals surface area contributed by atoms with Crippen LogP contribution in [-0.2, 0) is 13.5 Å².